The SMILES string of the molecule is Fc1cccc(-c2ccnc3[nH]c(-c4n[nH]c5ccc(-c6cnccn6)nc45)cc23)c1. The summed E-state index contributed by atoms with van der Waals surface area (Å²) >= 11 is 0. The molecule has 0 spiro atoms. The topological polar surface area (TPSA) is 96.0 Å². The molecular weight excluding hydrogens is 393 g/mol. The normalized spacial score (nSPS) is 11.4. The minimum absolute atomic E-state index is 0.280. The Morgan fingerprint density at radius 1 is 0.871 bits per heavy atom. The summed E-state index contributed by atoms with van der Waals surface area (Å²) in [4.78, 5) is 21.0. The molecule has 31 heavy (non-hydrogen) atoms. The van der Waals surface area contributed by atoms with E-state index in [9.17, 15) is 4.39 Å². The van der Waals surface area contributed by atoms with Gasteiger partial charge in [-0.1, -0.05) is 12.1 Å². The van der Waals surface area contributed by atoms with Crippen LogP contribution in [0.5, 0.6) is 0 Å². The molecule has 0 fully saturated rings. The summed E-state index contributed by atoms with van der Waals surface area (Å²) in [5, 5.41) is 8.37. The Balaban J connectivity index is 1.52. The van der Waals surface area contributed by atoms with E-state index in [0.717, 1.165) is 27.7 Å². The Labute approximate surface area is 175 Å². The third-order valence-electron chi connectivity index (χ3n) is 5.16. The fraction of sp³-hybridized carbons (Fsp3) is 0. The van der Waals surface area contributed by atoms with Crippen molar-refractivity contribution in [3.8, 4) is 33.9 Å². The van der Waals surface area contributed by atoms with Gasteiger partial charge in [-0.15, -0.1) is 0 Å². The third-order valence-corrected chi connectivity index (χ3v) is 5.16. The van der Waals surface area contributed by atoms with E-state index in [1.54, 1.807) is 30.9 Å². The minimum Gasteiger partial charge on any atom is -0.338 e. The highest BCUT2D eigenvalue weighted by Crippen LogP contribution is 2.33. The molecule has 1 aromatic carbocycles. The van der Waals surface area contributed by atoms with Crippen molar-refractivity contribution in [2.45, 2.75) is 0 Å². The molecule has 0 amide bonds. The molecule has 0 radical (unpaired) electrons. The van der Waals surface area contributed by atoms with E-state index >= 15 is 0 Å². The van der Waals surface area contributed by atoms with Gasteiger partial charge >= 0.3 is 0 Å². The van der Waals surface area contributed by atoms with Crippen LogP contribution in [-0.4, -0.2) is 35.1 Å². The molecule has 8 heteroatoms. The zero-order valence-electron chi connectivity index (χ0n) is 16.0. The van der Waals surface area contributed by atoms with Gasteiger partial charge in [0.15, 0.2) is 0 Å². The molecule has 2 N–H and O–H groups in total. The maximum Gasteiger partial charge on any atom is 0.138 e. The molecule has 0 aliphatic rings. The van der Waals surface area contributed by atoms with Crippen LogP contribution in [0.1, 0.15) is 0 Å². The number of aromatic amines is 2. The van der Waals surface area contributed by atoms with E-state index in [2.05, 4.69) is 30.1 Å². The number of fused-ring (bicyclic) bond motifs is 2. The zero-order valence-corrected chi connectivity index (χ0v) is 16.0. The van der Waals surface area contributed by atoms with Gasteiger partial charge in [0.05, 0.1) is 23.1 Å². The highest BCUT2D eigenvalue weighted by molar-refractivity contribution is 5.98. The maximum absolute atomic E-state index is 13.8. The minimum atomic E-state index is -0.280. The molecule has 0 aliphatic carbocycles. The first-order valence-electron chi connectivity index (χ1n) is 9.62. The second kappa shape index (κ2) is 6.81. The van der Waals surface area contributed by atoms with Crippen molar-refractivity contribution < 1.29 is 4.39 Å². The lowest BCUT2D eigenvalue weighted by molar-refractivity contribution is 0.628. The van der Waals surface area contributed by atoms with Crippen molar-refractivity contribution in [3.05, 3.63) is 79.1 Å². The van der Waals surface area contributed by atoms with Crippen LogP contribution in [0.4, 0.5) is 4.39 Å². The Morgan fingerprint density at radius 3 is 2.71 bits per heavy atom. The van der Waals surface area contributed by atoms with Gasteiger partial charge < -0.3 is 4.98 Å². The van der Waals surface area contributed by atoms with Gasteiger partial charge in [0.1, 0.15) is 28.4 Å². The van der Waals surface area contributed by atoms with E-state index in [-0.39, 0.29) is 5.82 Å². The number of H-pyrrole nitrogens is 2. The van der Waals surface area contributed by atoms with Gasteiger partial charge in [-0.05, 0) is 47.5 Å². The number of rotatable bonds is 3. The van der Waals surface area contributed by atoms with Gasteiger partial charge in [0, 0.05) is 24.0 Å². The highest BCUT2D eigenvalue weighted by atomic mass is 19.1. The molecule has 7 nitrogen and oxygen atoms in total. The van der Waals surface area contributed by atoms with Crippen molar-refractivity contribution in [2.75, 3.05) is 0 Å². The standard InChI is InChI=1S/C23H14FN7/c24-14-3-1-2-13(10-14)15-6-7-27-23-16(15)11-19(29-23)22-21-18(30-31-22)5-4-17(28-21)20-12-25-8-9-26-20/h1-12H,(H,27,29)(H,30,31). The number of hydrogen-bond donors (Lipinski definition) is 2. The number of nitrogens with one attached hydrogen (secondary N) is 2. The lowest BCUT2D eigenvalue weighted by Crippen LogP contribution is -1.89. The molecule has 6 rings (SSSR count). The number of hydrogen-bond acceptors (Lipinski definition) is 5. The summed E-state index contributed by atoms with van der Waals surface area (Å²) in [6, 6.07) is 14.2. The van der Waals surface area contributed by atoms with Crippen LogP contribution in [0.15, 0.2) is 73.3 Å². The predicted octanol–water partition coefficient (Wildman–Crippen LogP) is 4.76. The van der Waals surface area contributed by atoms with Crippen LogP contribution in [0.3, 0.4) is 0 Å². The van der Waals surface area contributed by atoms with Crippen LogP contribution < -0.4 is 0 Å². The Hall–Kier alpha value is -4.46. The monoisotopic (exact) mass is 407 g/mol. The lowest BCUT2D eigenvalue weighted by Gasteiger charge is -2.02. The molecule has 0 atom stereocenters. The van der Waals surface area contributed by atoms with Crippen molar-refractivity contribution in [3.63, 3.8) is 0 Å². The summed E-state index contributed by atoms with van der Waals surface area (Å²) in [7, 11) is 0. The van der Waals surface area contributed by atoms with E-state index in [0.29, 0.717) is 28.2 Å². The number of pyridine rings is 2. The first-order chi connectivity index (χ1) is 15.3. The van der Waals surface area contributed by atoms with Crippen LogP contribution in [-0.2, 0) is 0 Å². The van der Waals surface area contributed by atoms with E-state index < -0.39 is 0 Å². The van der Waals surface area contributed by atoms with Gasteiger partial charge in [-0.3, -0.25) is 15.1 Å². The summed E-state index contributed by atoms with van der Waals surface area (Å²) in [5.74, 6) is -0.280. The van der Waals surface area contributed by atoms with Crippen LogP contribution in [0.2, 0.25) is 0 Å². The largest absolute Gasteiger partial charge is 0.338 e. The Bertz CT molecular complexity index is 1550. The number of benzene rings is 1. The van der Waals surface area contributed by atoms with Gasteiger partial charge in [0.2, 0.25) is 0 Å². The van der Waals surface area contributed by atoms with E-state index in [4.69, 9.17) is 4.98 Å². The fourth-order valence-electron chi connectivity index (χ4n) is 3.72. The smallest absolute Gasteiger partial charge is 0.138 e. The average Bonchev–Trinajstić information content (AvgIpc) is 3.43. The molecule has 148 valence electrons. The third kappa shape index (κ3) is 2.93. The Morgan fingerprint density at radius 2 is 1.84 bits per heavy atom. The van der Waals surface area contributed by atoms with Crippen molar-refractivity contribution in [1.82, 2.24) is 35.1 Å². The molecule has 0 saturated heterocycles. The van der Waals surface area contributed by atoms with E-state index in [1.807, 2.05) is 30.3 Å². The average molecular weight is 407 g/mol. The van der Waals surface area contributed by atoms with Crippen molar-refractivity contribution in [2.24, 2.45) is 0 Å². The van der Waals surface area contributed by atoms with Gasteiger partial charge in [0.25, 0.3) is 0 Å². The molecule has 5 aromatic heterocycles. The Kier molecular flexibility index (Phi) is 3.82. The highest BCUT2D eigenvalue weighted by Gasteiger charge is 2.16. The molecular formula is C23H14FN7. The molecule has 0 aliphatic heterocycles. The quantitative estimate of drug-likeness (QED) is 0.441. The maximum atomic E-state index is 13.8. The zero-order chi connectivity index (χ0) is 20.8. The van der Waals surface area contributed by atoms with Crippen molar-refractivity contribution in [1.29, 1.82) is 0 Å². The molecule has 6 aromatic rings. The fourth-order valence-corrected chi connectivity index (χ4v) is 3.72. The summed E-state index contributed by atoms with van der Waals surface area (Å²) in [6.45, 7) is 0. The van der Waals surface area contributed by atoms with E-state index in [1.165, 1.54) is 12.1 Å². The summed E-state index contributed by atoms with van der Waals surface area (Å²) < 4.78 is 13.8. The van der Waals surface area contributed by atoms with Crippen LogP contribution in [0.25, 0.3) is 56.0 Å². The summed E-state index contributed by atoms with van der Waals surface area (Å²) in [6.07, 6.45) is 6.63. The lowest BCUT2D eigenvalue weighted by atomic mass is 10.0. The van der Waals surface area contributed by atoms with Crippen molar-refractivity contribution >= 4 is 22.1 Å². The molecule has 0 saturated carbocycles. The predicted molar refractivity (Wildman–Crippen MR) is 115 cm³/mol. The van der Waals surface area contributed by atoms with Gasteiger partial charge in [-0.25, -0.2) is 14.4 Å². The first-order valence-corrected chi connectivity index (χ1v) is 9.62. The molecule has 0 unspecified atom stereocenters. The molecule has 0 bridgehead atoms. The number of halogens is 1. The molecule has 5 heterocycles. The van der Waals surface area contributed by atoms with Crippen LogP contribution in [0, 0.1) is 5.82 Å². The van der Waals surface area contributed by atoms with Crippen LogP contribution >= 0.6 is 0 Å². The summed E-state index contributed by atoms with van der Waals surface area (Å²) in [5.41, 5.74) is 6.71. The second-order valence-electron chi connectivity index (χ2n) is 7.07. The second-order valence-corrected chi connectivity index (χ2v) is 7.07. The number of aromatic nitrogens is 7. The number of nitrogens with zero attached hydrogens (tertiary/aromatic N) is 5. The van der Waals surface area contributed by atoms with Gasteiger partial charge in [-0.2, -0.15) is 5.10 Å². The first kappa shape index (κ1) is 17.4.